The second-order valence-electron chi connectivity index (χ2n) is 5.38. The maximum absolute atomic E-state index is 13.3. The Morgan fingerprint density at radius 3 is 2.73 bits per heavy atom. The van der Waals surface area contributed by atoms with Crippen molar-refractivity contribution in [3.8, 4) is 5.69 Å². The lowest BCUT2D eigenvalue weighted by Gasteiger charge is -2.15. The van der Waals surface area contributed by atoms with Gasteiger partial charge in [-0.25, -0.2) is 4.39 Å². The SMILES string of the molecule is Cc1ccc(/C=N/N(C)c2cnn(-c3ccc(F)c(Cl)c3)c(=O)c2Cl)o1. The van der Waals surface area contributed by atoms with Crippen LogP contribution in [-0.4, -0.2) is 23.0 Å². The highest BCUT2D eigenvalue weighted by molar-refractivity contribution is 6.33. The topological polar surface area (TPSA) is 63.6 Å². The molecule has 0 unspecified atom stereocenters. The van der Waals surface area contributed by atoms with E-state index in [9.17, 15) is 9.18 Å². The van der Waals surface area contributed by atoms with E-state index in [0.717, 1.165) is 16.5 Å². The van der Waals surface area contributed by atoms with E-state index in [1.54, 1.807) is 13.1 Å². The molecule has 0 bridgehead atoms. The molecular weight excluding hydrogens is 382 g/mol. The van der Waals surface area contributed by atoms with Gasteiger partial charge in [-0.3, -0.25) is 9.80 Å². The Kier molecular flexibility index (Phi) is 5.11. The van der Waals surface area contributed by atoms with E-state index in [-0.39, 0.29) is 10.0 Å². The molecule has 1 aromatic carbocycles. The molecule has 0 aliphatic heterocycles. The minimum Gasteiger partial charge on any atom is -0.460 e. The fourth-order valence-electron chi connectivity index (χ4n) is 2.18. The van der Waals surface area contributed by atoms with Crippen LogP contribution in [0.15, 0.2) is 50.8 Å². The third kappa shape index (κ3) is 3.63. The standard InChI is InChI=1S/C17H13Cl2FN4O2/c1-10-3-5-12(26-10)8-21-23(2)15-9-22-24(17(25)16(15)19)11-4-6-14(20)13(18)7-11/h3-9H,1-2H3/b21-8+. The first-order chi connectivity index (χ1) is 12.4. The summed E-state index contributed by atoms with van der Waals surface area (Å²) in [5.74, 6) is 0.732. The number of aromatic nitrogens is 2. The number of anilines is 1. The second-order valence-corrected chi connectivity index (χ2v) is 6.16. The van der Waals surface area contributed by atoms with E-state index < -0.39 is 11.4 Å². The fraction of sp³-hybridized carbons (Fsp3) is 0.118. The average Bonchev–Trinajstić information content (AvgIpc) is 3.03. The highest BCUT2D eigenvalue weighted by Crippen LogP contribution is 2.22. The Morgan fingerprint density at radius 2 is 2.08 bits per heavy atom. The summed E-state index contributed by atoms with van der Waals surface area (Å²) in [5, 5.41) is 9.43. The normalized spacial score (nSPS) is 11.3. The lowest BCUT2D eigenvalue weighted by molar-refractivity contribution is 0.527. The van der Waals surface area contributed by atoms with Crippen LogP contribution in [0.1, 0.15) is 11.5 Å². The van der Waals surface area contributed by atoms with Crippen LogP contribution < -0.4 is 10.6 Å². The molecule has 0 amide bonds. The van der Waals surface area contributed by atoms with Crippen LogP contribution in [0.2, 0.25) is 10.0 Å². The second kappa shape index (κ2) is 7.31. The zero-order chi connectivity index (χ0) is 18.8. The number of halogens is 3. The van der Waals surface area contributed by atoms with Gasteiger partial charge in [-0.05, 0) is 37.3 Å². The van der Waals surface area contributed by atoms with Gasteiger partial charge < -0.3 is 4.42 Å². The van der Waals surface area contributed by atoms with Gasteiger partial charge in [-0.2, -0.15) is 14.9 Å². The number of aryl methyl sites for hydroxylation is 1. The largest absolute Gasteiger partial charge is 0.460 e. The molecule has 0 saturated heterocycles. The molecule has 0 radical (unpaired) electrons. The first-order valence-corrected chi connectivity index (χ1v) is 8.20. The zero-order valence-electron chi connectivity index (χ0n) is 13.8. The highest BCUT2D eigenvalue weighted by atomic mass is 35.5. The van der Waals surface area contributed by atoms with Crippen molar-refractivity contribution >= 4 is 35.1 Å². The van der Waals surface area contributed by atoms with E-state index >= 15 is 0 Å². The molecule has 3 aromatic rings. The van der Waals surface area contributed by atoms with E-state index in [4.69, 9.17) is 27.6 Å². The molecule has 0 fully saturated rings. The number of hydrazone groups is 1. The maximum Gasteiger partial charge on any atom is 0.292 e. The predicted molar refractivity (Wildman–Crippen MR) is 99.3 cm³/mol. The van der Waals surface area contributed by atoms with Gasteiger partial charge in [-0.15, -0.1) is 0 Å². The van der Waals surface area contributed by atoms with Crippen molar-refractivity contribution in [1.29, 1.82) is 0 Å². The summed E-state index contributed by atoms with van der Waals surface area (Å²) in [6, 6.07) is 7.40. The number of benzene rings is 1. The smallest absolute Gasteiger partial charge is 0.292 e. The van der Waals surface area contributed by atoms with Crippen molar-refractivity contribution in [3.05, 3.63) is 74.3 Å². The molecule has 2 aromatic heterocycles. The van der Waals surface area contributed by atoms with Gasteiger partial charge in [0.15, 0.2) is 0 Å². The van der Waals surface area contributed by atoms with Gasteiger partial charge in [-0.1, -0.05) is 23.2 Å². The summed E-state index contributed by atoms with van der Waals surface area (Å²) >= 11 is 11.9. The summed E-state index contributed by atoms with van der Waals surface area (Å²) in [4.78, 5) is 12.5. The van der Waals surface area contributed by atoms with E-state index in [2.05, 4.69) is 10.2 Å². The molecule has 9 heteroatoms. The average molecular weight is 395 g/mol. The van der Waals surface area contributed by atoms with E-state index in [1.165, 1.54) is 29.6 Å². The lowest BCUT2D eigenvalue weighted by Crippen LogP contribution is -2.24. The highest BCUT2D eigenvalue weighted by Gasteiger charge is 2.14. The summed E-state index contributed by atoms with van der Waals surface area (Å²) in [6.07, 6.45) is 2.88. The van der Waals surface area contributed by atoms with Crippen LogP contribution in [0, 0.1) is 12.7 Å². The van der Waals surface area contributed by atoms with Crippen molar-refractivity contribution in [2.45, 2.75) is 6.92 Å². The fourth-order valence-corrected chi connectivity index (χ4v) is 2.60. The Labute approximate surface area is 158 Å². The molecular formula is C17H13Cl2FN4O2. The van der Waals surface area contributed by atoms with Crippen molar-refractivity contribution in [2.24, 2.45) is 5.10 Å². The molecule has 0 aliphatic carbocycles. The third-order valence-corrected chi connectivity index (χ3v) is 4.16. The van der Waals surface area contributed by atoms with Gasteiger partial charge >= 0.3 is 0 Å². The summed E-state index contributed by atoms with van der Waals surface area (Å²) in [6.45, 7) is 1.82. The van der Waals surface area contributed by atoms with Gasteiger partial charge in [0.1, 0.15) is 28.0 Å². The summed E-state index contributed by atoms with van der Waals surface area (Å²) in [7, 11) is 1.62. The molecule has 0 aliphatic rings. The zero-order valence-corrected chi connectivity index (χ0v) is 15.3. The van der Waals surface area contributed by atoms with Crippen molar-refractivity contribution in [1.82, 2.24) is 9.78 Å². The maximum atomic E-state index is 13.3. The summed E-state index contributed by atoms with van der Waals surface area (Å²) < 4.78 is 19.7. The Balaban J connectivity index is 1.92. The predicted octanol–water partition coefficient (Wildman–Crippen LogP) is 4.05. The molecule has 0 N–H and O–H groups in total. The van der Waals surface area contributed by atoms with E-state index in [1.807, 2.05) is 13.0 Å². The van der Waals surface area contributed by atoms with Gasteiger partial charge in [0.05, 0.1) is 23.1 Å². The first-order valence-electron chi connectivity index (χ1n) is 7.44. The lowest BCUT2D eigenvalue weighted by atomic mass is 10.3. The van der Waals surface area contributed by atoms with Crippen LogP contribution >= 0.6 is 23.2 Å². The molecule has 0 atom stereocenters. The van der Waals surface area contributed by atoms with Crippen molar-refractivity contribution in [2.75, 3.05) is 12.1 Å². The quantitative estimate of drug-likeness (QED) is 0.494. The Bertz CT molecular complexity index is 1050. The van der Waals surface area contributed by atoms with Gasteiger partial charge in [0.25, 0.3) is 5.56 Å². The molecule has 6 nitrogen and oxygen atoms in total. The van der Waals surface area contributed by atoms with Crippen LogP contribution in [0.25, 0.3) is 5.69 Å². The number of furan rings is 1. The Hall–Kier alpha value is -2.64. The Morgan fingerprint density at radius 1 is 1.31 bits per heavy atom. The molecule has 134 valence electrons. The molecule has 2 heterocycles. The van der Waals surface area contributed by atoms with Crippen molar-refractivity contribution < 1.29 is 8.81 Å². The van der Waals surface area contributed by atoms with Crippen molar-refractivity contribution in [3.63, 3.8) is 0 Å². The van der Waals surface area contributed by atoms with Crippen LogP contribution in [0.4, 0.5) is 10.1 Å². The first kappa shape index (κ1) is 18.2. The molecule has 0 saturated carbocycles. The number of rotatable bonds is 4. The number of hydrogen-bond acceptors (Lipinski definition) is 5. The van der Waals surface area contributed by atoms with Crippen LogP contribution in [-0.2, 0) is 0 Å². The summed E-state index contributed by atoms with van der Waals surface area (Å²) in [5.41, 5.74) is 0.0236. The minimum atomic E-state index is -0.589. The van der Waals surface area contributed by atoms with Gasteiger partial charge in [0.2, 0.25) is 0 Å². The monoisotopic (exact) mass is 394 g/mol. The number of nitrogens with zero attached hydrogens (tertiary/aromatic N) is 4. The third-order valence-electron chi connectivity index (χ3n) is 3.52. The van der Waals surface area contributed by atoms with Gasteiger partial charge in [0, 0.05) is 7.05 Å². The van der Waals surface area contributed by atoms with E-state index in [0.29, 0.717) is 17.1 Å². The molecule has 26 heavy (non-hydrogen) atoms. The molecule has 0 spiro atoms. The van der Waals surface area contributed by atoms with Crippen LogP contribution in [0.5, 0.6) is 0 Å². The van der Waals surface area contributed by atoms with Crippen LogP contribution in [0.3, 0.4) is 0 Å². The number of hydrogen-bond donors (Lipinski definition) is 0. The minimum absolute atomic E-state index is 0.0873. The molecule has 3 rings (SSSR count).